The Morgan fingerprint density at radius 3 is 2.84 bits per heavy atom. The molecular weight excluding hydrogens is 306 g/mol. The second-order valence-corrected chi connectivity index (χ2v) is 7.76. The molecule has 3 atom stereocenters. The smallest absolute Gasteiger partial charge is 0.254 e. The maximum Gasteiger partial charge on any atom is 0.254 e. The molecule has 0 radical (unpaired) electrons. The van der Waals surface area contributed by atoms with Crippen LogP contribution in [0.1, 0.15) is 58.8 Å². The van der Waals surface area contributed by atoms with Crippen LogP contribution in [-0.2, 0) is 9.53 Å². The summed E-state index contributed by atoms with van der Waals surface area (Å²) >= 11 is 3.64. The Hall–Kier alpha value is -0.0900. The molecule has 4 heteroatoms. The Morgan fingerprint density at radius 2 is 2.21 bits per heavy atom. The summed E-state index contributed by atoms with van der Waals surface area (Å²) in [6.07, 6.45) is 7.68. The molecule has 0 aliphatic carbocycles. The van der Waals surface area contributed by atoms with E-state index in [-0.39, 0.29) is 5.91 Å². The summed E-state index contributed by atoms with van der Waals surface area (Å²) in [6, 6.07) is 0.380. The number of carbonyl (C=O) groups excluding carboxylic acids is 1. The van der Waals surface area contributed by atoms with Crippen molar-refractivity contribution in [2.45, 2.75) is 75.3 Å². The fourth-order valence-electron chi connectivity index (χ4n) is 3.32. The number of ether oxygens (including phenoxy) is 1. The maximum atomic E-state index is 12.9. The number of hydrogen-bond acceptors (Lipinski definition) is 2. The zero-order valence-corrected chi connectivity index (χ0v) is 13.7. The van der Waals surface area contributed by atoms with Gasteiger partial charge in [-0.1, -0.05) is 35.7 Å². The maximum absolute atomic E-state index is 12.9. The molecule has 0 aromatic rings. The van der Waals surface area contributed by atoms with Gasteiger partial charge in [-0.3, -0.25) is 4.79 Å². The summed E-state index contributed by atoms with van der Waals surface area (Å²) in [5, 5.41) is 0. The minimum Gasteiger partial charge on any atom is -0.365 e. The van der Waals surface area contributed by atoms with Gasteiger partial charge in [-0.15, -0.1) is 0 Å². The molecule has 2 heterocycles. The van der Waals surface area contributed by atoms with Crippen LogP contribution in [0.5, 0.6) is 0 Å². The zero-order chi connectivity index (χ0) is 13.9. The Bertz CT molecular complexity index is 313. The zero-order valence-electron chi connectivity index (χ0n) is 12.2. The second-order valence-electron chi connectivity index (χ2n) is 6.20. The molecule has 0 aromatic carbocycles. The summed E-state index contributed by atoms with van der Waals surface area (Å²) < 4.78 is 5.75. The van der Waals surface area contributed by atoms with E-state index in [2.05, 4.69) is 27.8 Å². The minimum absolute atomic E-state index is 0.227. The Labute approximate surface area is 125 Å². The molecule has 2 aliphatic heterocycles. The average molecular weight is 332 g/mol. The van der Waals surface area contributed by atoms with Crippen molar-refractivity contribution in [2.75, 3.05) is 13.2 Å². The fourth-order valence-corrected chi connectivity index (χ4v) is 3.75. The molecule has 0 spiro atoms. The van der Waals surface area contributed by atoms with Gasteiger partial charge in [0, 0.05) is 24.0 Å². The fraction of sp³-hybridized carbons (Fsp3) is 0.933. The molecular formula is C15H26BrNO2. The molecule has 110 valence electrons. The van der Waals surface area contributed by atoms with Crippen LogP contribution in [0, 0.1) is 0 Å². The van der Waals surface area contributed by atoms with Crippen molar-refractivity contribution in [3.8, 4) is 0 Å². The highest BCUT2D eigenvalue weighted by Gasteiger charge is 2.42. The summed E-state index contributed by atoms with van der Waals surface area (Å²) in [6.45, 7) is 5.78. The topological polar surface area (TPSA) is 29.5 Å². The van der Waals surface area contributed by atoms with Crippen molar-refractivity contribution < 1.29 is 9.53 Å². The molecule has 1 amide bonds. The van der Waals surface area contributed by atoms with E-state index in [4.69, 9.17) is 4.74 Å². The first-order valence-electron chi connectivity index (χ1n) is 7.62. The quantitative estimate of drug-likeness (QED) is 0.741. The van der Waals surface area contributed by atoms with E-state index in [0.29, 0.717) is 10.9 Å². The number of hydrogen-bond donors (Lipinski definition) is 0. The van der Waals surface area contributed by atoms with Gasteiger partial charge in [0.1, 0.15) is 5.60 Å². The van der Waals surface area contributed by atoms with Crippen LogP contribution in [0.3, 0.4) is 0 Å². The third-order valence-electron chi connectivity index (χ3n) is 4.41. The van der Waals surface area contributed by atoms with Crippen LogP contribution in [0.2, 0.25) is 0 Å². The van der Waals surface area contributed by atoms with Crippen LogP contribution < -0.4 is 0 Å². The van der Waals surface area contributed by atoms with Crippen LogP contribution in [0.15, 0.2) is 0 Å². The largest absolute Gasteiger partial charge is 0.365 e. The lowest BCUT2D eigenvalue weighted by molar-refractivity contribution is -0.153. The standard InChI is InChI=1S/C15H26BrNO2/c1-12(16)11-13-7-4-3-5-9-17(13)14(18)15(2)8-6-10-19-15/h12-13H,3-11H2,1-2H3. The van der Waals surface area contributed by atoms with Crippen molar-refractivity contribution in [1.82, 2.24) is 4.90 Å². The van der Waals surface area contributed by atoms with Crippen LogP contribution >= 0.6 is 15.9 Å². The molecule has 0 saturated carbocycles. The highest BCUT2D eigenvalue weighted by Crippen LogP contribution is 2.31. The van der Waals surface area contributed by atoms with E-state index in [0.717, 1.165) is 45.3 Å². The van der Waals surface area contributed by atoms with Crippen molar-refractivity contribution in [3.63, 3.8) is 0 Å². The molecule has 0 bridgehead atoms. The summed E-state index contributed by atoms with van der Waals surface area (Å²) in [4.78, 5) is 15.4. The number of nitrogens with zero attached hydrogens (tertiary/aromatic N) is 1. The Morgan fingerprint density at radius 1 is 1.42 bits per heavy atom. The van der Waals surface area contributed by atoms with Crippen LogP contribution in [0.4, 0.5) is 0 Å². The van der Waals surface area contributed by atoms with Gasteiger partial charge in [0.05, 0.1) is 0 Å². The number of rotatable bonds is 3. The van der Waals surface area contributed by atoms with E-state index in [1.54, 1.807) is 0 Å². The molecule has 2 rings (SSSR count). The van der Waals surface area contributed by atoms with E-state index in [1.807, 2.05) is 6.92 Å². The van der Waals surface area contributed by atoms with Crippen molar-refractivity contribution in [2.24, 2.45) is 0 Å². The van der Waals surface area contributed by atoms with Gasteiger partial charge in [0.2, 0.25) is 0 Å². The molecule has 3 nitrogen and oxygen atoms in total. The van der Waals surface area contributed by atoms with Gasteiger partial charge in [-0.25, -0.2) is 0 Å². The predicted octanol–water partition coefficient (Wildman–Crippen LogP) is 3.50. The van der Waals surface area contributed by atoms with Crippen LogP contribution in [0.25, 0.3) is 0 Å². The van der Waals surface area contributed by atoms with Crippen LogP contribution in [-0.4, -0.2) is 40.4 Å². The Balaban J connectivity index is 2.10. The minimum atomic E-state index is -0.557. The van der Waals surface area contributed by atoms with Gasteiger partial charge in [0.15, 0.2) is 0 Å². The van der Waals surface area contributed by atoms with Crippen molar-refractivity contribution in [3.05, 3.63) is 0 Å². The summed E-state index contributed by atoms with van der Waals surface area (Å²) in [5.74, 6) is 0.227. The van der Waals surface area contributed by atoms with E-state index < -0.39 is 5.60 Å². The van der Waals surface area contributed by atoms with Gasteiger partial charge in [-0.2, -0.15) is 0 Å². The van der Waals surface area contributed by atoms with Gasteiger partial charge >= 0.3 is 0 Å². The van der Waals surface area contributed by atoms with Crippen molar-refractivity contribution >= 4 is 21.8 Å². The lowest BCUT2D eigenvalue weighted by Gasteiger charge is -2.36. The number of likely N-dealkylation sites (tertiary alicyclic amines) is 1. The lowest BCUT2D eigenvalue weighted by atomic mass is 9.98. The molecule has 0 aromatic heterocycles. The number of alkyl halides is 1. The molecule has 2 saturated heterocycles. The highest BCUT2D eigenvalue weighted by atomic mass is 79.9. The monoisotopic (exact) mass is 331 g/mol. The molecule has 0 N–H and O–H groups in total. The average Bonchev–Trinajstić information content (AvgIpc) is 2.68. The van der Waals surface area contributed by atoms with Gasteiger partial charge in [-0.05, 0) is 39.0 Å². The lowest BCUT2D eigenvalue weighted by Crippen LogP contribution is -2.51. The number of carbonyl (C=O) groups is 1. The van der Waals surface area contributed by atoms with E-state index in [1.165, 1.54) is 12.8 Å². The van der Waals surface area contributed by atoms with Gasteiger partial charge in [0.25, 0.3) is 5.91 Å². The first-order chi connectivity index (χ1) is 9.03. The second kappa shape index (κ2) is 6.57. The third-order valence-corrected chi connectivity index (χ3v) is 4.78. The molecule has 19 heavy (non-hydrogen) atoms. The van der Waals surface area contributed by atoms with E-state index in [9.17, 15) is 4.79 Å². The first-order valence-corrected chi connectivity index (χ1v) is 8.53. The summed E-state index contributed by atoms with van der Waals surface area (Å²) in [5.41, 5.74) is -0.557. The SMILES string of the molecule is CC(Br)CC1CCCCCN1C(=O)C1(C)CCCO1. The predicted molar refractivity (Wildman–Crippen MR) is 80.6 cm³/mol. The van der Waals surface area contributed by atoms with Crippen molar-refractivity contribution in [1.29, 1.82) is 0 Å². The normalized spacial score (nSPS) is 34.1. The Kier molecular flexibility index (Phi) is 5.29. The molecule has 2 fully saturated rings. The first kappa shape index (κ1) is 15.3. The summed E-state index contributed by atoms with van der Waals surface area (Å²) in [7, 11) is 0. The number of halogens is 1. The molecule has 2 aliphatic rings. The van der Waals surface area contributed by atoms with Gasteiger partial charge < -0.3 is 9.64 Å². The third kappa shape index (κ3) is 3.72. The molecule has 3 unspecified atom stereocenters. The highest BCUT2D eigenvalue weighted by molar-refractivity contribution is 9.09. The van der Waals surface area contributed by atoms with E-state index >= 15 is 0 Å². The number of amides is 1.